The van der Waals surface area contributed by atoms with Crippen LogP contribution in [0.1, 0.15) is 5.56 Å². The molecule has 0 spiro atoms. The van der Waals surface area contributed by atoms with Gasteiger partial charge in [0.1, 0.15) is 5.75 Å². The highest BCUT2D eigenvalue weighted by atomic mass is 35.5. The van der Waals surface area contributed by atoms with E-state index in [0.29, 0.717) is 6.07 Å². The maximum Gasteiger partial charge on any atom is 0.420 e. The average Bonchev–Trinajstić information content (AvgIpc) is 2.67. The lowest BCUT2D eigenvalue weighted by Crippen LogP contribution is -2.05. The van der Waals surface area contributed by atoms with Gasteiger partial charge in [-0.2, -0.15) is 13.2 Å². The molecule has 3 N–H and O–H groups in total. The monoisotopic (exact) mass is 278 g/mol. The number of hydrogen-bond acceptors (Lipinski definition) is 4. The maximum atomic E-state index is 12.6. The number of rotatable bonds is 1. The predicted molar refractivity (Wildman–Crippen MR) is 58.0 cm³/mol. The Bertz CT molecular complexity index is 595. The third-order valence-electron chi connectivity index (χ3n) is 2.18. The second-order valence-corrected chi connectivity index (χ2v) is 3.88. The second-order valence-electron chi connectivity index (χ2n) is 3.47. The summed E-state index contributed by atoms with van der Waals surface area (Å²) in [7, 11) is 0. The number of anilines is 1. The van der Waals surface area contributed by atoms with Crippen LogP contribution in [0.25, 0.3) is 11.3 Å². The number of nitrogens with two attached hydrogens (primary N) is 1. The summed E-state index contributed by atoms with van der Waals surface area (Å²) in [6.45, 7) is 0. The van der Waals surface area contributed by atoms with Gasteiger partial charge >= 0.3 is 6.18 Å². The molecule has 0 aliphatic heterocycles. The third-order valence-corrected chi connectivity index (χ3v) is 2.47. The largest absolute Gasteiger partial charge is 0.506 e. The third kappa shape index (κ3) is 2.21. The number of nitrogen functional groups attached to an aromatic ring is 1. The van der Waals surface area contributed by atoms with E-state index in [2.05, 4.69) is 5.16 Å². The van der Waals surface area contributed by atoms with Crippen LogP contribution in [0.15, 0.2) is 22.7 Å². The van der Waals surface area contributed by atoms with Crippen LogP contribution in [0.4, 0.5) is 19.0 Å². The fourth-order valence-electron chi connectivity index (χ4n) is 1.38. The molecule has 8 heteroatoms. The summed E-state index contributed by atoms with van der Waals surface area (Å²) in [5.74, 6) is -0.969. The van der Waals surface area contributed by atoms with Gasteiger partial charge < -0.3 is 15.4 Å². The number of hydrogen-bond donors (Lipinski definition) is 2. The zero-order valence-electron chi connectivity index (χ0n) is 8.62. The minimum atomic E-state index is -4.73. The maximum absolute atomic E-state index is 12.6. The molecule has 1 heterocycles. The lowest BCUT2D eigenvalue weighted by atomic mass is 10.1. The van der Waals surface area contributed by atoms with E-state index in [1.807, 2.05) is 0 Å². The van der Waals surface area contributed by atoms with Crippen LogP contribution in [0, 0.1) is 0 Å². The van der Waals surface area contributed by atoms with Crippen molar-refractivity contribution >= 4 is 17.4 Å². The van der Waals surface area contributed by atoms with Crippen molar-refractivity contribution in [2.75, 3.05) is 5.73 Å². The van der Waals surface area contributed by atoms with E-state index in [0.717, 1.165) is 6.07 Å². The summed E-state index contributed by atoms with van der Waals surface area (Å²) in [6, 6.07) is 3.09. The van der Waals surface area contributed by atoms with Gasteiger partial charge in [0, 0.05) is 11.6 Å². The van der Waals surface area contributed by atoms with Crippen molar-refractivity contribution in [2.45, 2.75) is 6.18 Å². The zero-order chi connectivity index (χ0) is 13.5. The molecule has 1 aromatic carbocycles. The quantitative estimate of drug-likeness (QED) is 0.839. The Morgan fingerprint density at radius 1 is 1.28 bits per heavy atom. The van der Waals surface area contributed by atoms with Crippen LogP contribution < -0.4 is 5.73 Å². The van der Waals surface area contributed by atoms with Crippen LogP contribution in [0.2, 0.25) is 5.02 Å². The molecular weight excluding hydrogens is 273 g/mol. The molecule has 18 heavy (non-hydrogen) atoms. The van der Waals surface area contributed by atoms with E-state index in [1.54, 1.807) is 0 Å². The second kappa shape index (κ2) is 4.09. The normalized spacial score (nSPS) is 11.8. The summed E-state index contributed by atoms with van der Waals surface area (Å²) in [5, 5.41) is 12.2. The molecule has 0 fully saturated rings. The van der Waals surface area contributed by atoms with Crippen molar-refractivity contribution in [1.29, 1.82) is 0 Å². The number of benzene rings is 1. The van der Waals surface area contributed by atoms with Gasteiger partial charge in [-0.1, -0.05) is 16.8 Å². The van der Waals surface area contributed by atoms with Gasteiger partial charge in [-0.05, 0) is 12.1 Å². The average molecular weight is 279 g/mol. The fraction of sp³-hybridized carbons (Fsp3) is 0.100. The van der Waals surface area contributed by atoms with E-state index >= 15 is 0 Å². The van der Waals surface area contributed by atoms with Crippen LogP contribution >= 0.6 is 11.6 Å². The van der Waals surface area contributed by atoms with E-state index in [1.165, 1.54) is 6.07 Å². The Morgan fingerprint density at radius 3 is 2.44 bits per heavy atom. The molecule has 0 saturated heterocycles. The number of halogens is 4. The molecule has 0 atom stereocenters. The van der Waals surface area contributed by atoms with Gasteiger partial charge in [0.2, 0.25) is 0 Å². The highest BCUT2D eigenvalue weighted by molar-refractivity contribution is 6.32. The van der Waals surface area contributed by atoms with Gasteiger partial charge in [-0.25, -0.2) is 0 Å². The molecule has 0 bridgehead atoms. The van der Waals surface area contributed by atoms with Gasteiger partial charge in [-0.3, -0.25) is 0 Å². The number of aromatic nitrogens is 1. The van der Waals surface area contributed by atoms with Crippen molar-refractivity contribution in [3.8, 4) is 17.1 Å². The first kappa shape index (κ1) is 12.6. The van der Waals surface area contributed by atoms with Crippen molar-refractivity contribution in [3.63, 3.8) is 0 Å². The Balaban J connectivity index is 2.61. The van der Waals surface area contributed by atoms with Crippen molar-refractivity contribution in [1.82, 2.24) is 5.16 Å². The molecule has 96 valence electrons. The van der Waals surface area contributed by atoms with Crippen LogP contribution in [-0.4, -0.2) is 10.3 Å². The Hall–Kier alpha value is -1.89. The number of alkyl halides is 3. The first-order chi connectivity index (χ1) is 8.29. The van der Waals surface area contributed by atoms with E-state index in [4.69, 9.17) is 21.9 Å². The molecule has 0 saturated carbocycles. The van der Waals surface area contributed by atoms with Crippen molar-refractivity contribution in [3.05, 3.63) is 28.8 Å². The summed E-state index contributed by atoms with van der Waals surface area (Å²) < 4.78 is 42.7. The van der Waals surface area contributed by atoms with Crippen molar-refractivity contribution < 1.29 is 22.8 Å². The number of nitrogens with zero attached hydrogens (tertiary/aromatic N) is 1. The Labute approximate surface area is 104 Å². The first-order valence-corrected chi connectivity index (χ1v) is 4.99. The Morgan fingerprint density at radius 2 is 1.94 bits per heavy atom. The van der Waals surface area contributed by atoms with Crippen LogP contribution in [0.3, 0.4) is 0 Å². The summed E-state index contributed by atoms with van der Waals surface area (Å²) >= 11 is 5.54. The van der Waals surface area contributed by atoms with E-state index in [9.17, 15) is 18.3 Å². The topological polar surface area (TPSA) is 72.3 Å². The number of phenols is 1. The molecular formula is C10H6ClF3N2O2. The molecule has 1 aromatic heterocycles. The summed E-state index contributed by atoms with van der Waals surface area (Å²) in [5.41, 5.74) is 4.07. The highest BCUT2D eigenvalue weighted by Gasteiger charge is 2.35. The van der Waals surface area contributed by atoms with Gasteiger partial charge in [0.15, 0.2) is 11.6 Å². The summed E-state index contributed by atoms with van der Waals surface area (Å²) in [4.78, 5) is 0. The number of aromatic hydroxyl groups is 1. The highest BCUT2D eigenvalue weighted by Crippen LogP contribution is 2.42. The molecule has 0 unspecified atom stereocenters. The molecule has 2 aromatic rings. The van der Waals surface area contributed by atoms with Crippen LogP contribution in [-0.2, 0) is 6.18 Å². The first-order valence-electron chi connectivity index (χ1n) is 4.61. The molecule has 0 aliphatic carbocycles. The molecule has 0 amide bonds. The molecule has 4 nitrogen and oxygen atoms in total. The zero-order valence-corrected chi connectivity index (χ0v) is 9.38. The Kier molecular flexibility index (Phi) is 2.86. The molecule has 0 radical (unpaired) electrons. The van der Waals surface area contributed by atoms with Crippen molar-refractivity contribution in [2.24, 2.45) is 0 Å². The minimum Gasteiger partial charge on any atom is -0.506 e. The van der Waals surface area contributed by atoms with Gasteiger partial charge in [0.25, 0.3) is 0 Å². The van der Waals surface area contributed by atoms with Crippen LogP contribution in [0.5, 0.6) is 5.75 Å². The standard InChI is InChI=1S/C10H6ClF3N2O2/c11-6-2-4(7-3-8(15)16-18-7)1-5(9(6)17)10(12,13)14/h1-3,17H,(H2,15,16). The van der Waals surface area contributed by atoms with E-state index in [-0.39, 0.29) is 17.1 Å². The van der Waals surface area contributed by atoms with E-state index < -0.39 is 22.5 Å². The summed E-state index contributed by atoms with van der Waals surface area (Å²) in [6.07, 6.45) is -4.73. The minimum absolute atomic E-state index is 0.0225. The molecule has 0 aliphatic rings. The lowest BCUT2D eigenvalue weighted by molar-refractivity contribution is -0.138. The fourth-order valence-corrected chi connectivity index (χ4v) is 1.60. The smallest absolute Gasteiger partial charge is 0.420 e. The van der Waals surface area contributed by atoms with Gasteiger partial charge in [0.05, 0.1) is 10.6 Å². The predicted octanol–water partition coefficient (Wildman–Crippen LogP) is 3.30. The lowest BCUT2D eigenvalue weighted by Gasteiger charge is -2.11. The SMILES string of the molecule is Nc1cc(-c2cc(Cl)c(O)c(C(F)(F)F)c2)on1. The molecule has 2 rings (SSSR count). The number of phenolic OH excluding ortho intramolecular Hbond substituents is 1. The van der Waals surface area contributed by atoms with Gasteiger partial charge in [-0.15, -0.1) is 0 Å².